The minimum Gasteiger partial charge on any atom is -0.288 e. The lowest BCUT2D eigenvalue weighted by atomic mass is 10.0. The number of carbonyl (C=O) groups excluding carboxylic acids is 1. The average molecular weight is 327 g/mol. The van der Waals surface area contributed by atoms with E-state index < -0.39 is 5.78 Å². The second kappa shape index (κ2) is 6.91. The van der Waals surface area contributed by atoms with Crippen molar-refractivity contribution in [2.24, 2.45) is 0 Å². The molecule has 0 aliphatic carbocycles. The molecular weight excluding hydrogens is 319 g/mol. The normalized spacial score (nSPS) is 10.6. The summed E-state index contributed by atoms with van der Waals surface area (Å²) in [6.07, 6.45) is 1.43. The molecule has 2 rings (SSSR count). The fourth-order valence-electron chi connectivity index (χ4n) is 1.82. The van der Waals surface area contributed by atoms with E-state index in [9.17, 15) is 10.1 Å². The Balaban J connectivity index is 2.43. The van der Waals surface area contributed by atoms with Gasteiger partial charge in [0.1, 0.15) is 11.6 Å². The summed E-state index contributed by atoms with van der Waals surface area (Å²) in [7, 11) is 0. The summed E-state index contributed by atoms with van der Waals surface area (Å²) in [5.74, 6) is -0.539. The Morgan fingerprint density at radius 2 is 1.59 bits per heavy atom. The second-order valence-corrected chi connectivity index (χ2v) is 5.14. The zero-order valence-electron chi connectivity index (χ0n) is 11.2. The lowest BCUT2D eigenvalue weighted by Gasteiger charge is -2.05. The van der Waals surface area contributed by atoms with Crippen molar-refractivity contribution in [3.8, 4) is 12.1 Å². The van der Waals surface area contributed by atoms with Gasteiger partial charge in [-0.05, 0) is 35.9 Å². The summed E-state index contributed by atoms with van der Waals surface area (Å²) in [6.45, 7) is 0. The summed E-state index contributed by atoms with van der Waals surface area (Å²) in [6, 6.07) is 15.1. The number of hydrogen-bond acceptors (Lipinski definition) is 3. The molecule has 2 aromatic rings. The first-order valence-corrected chi connectivity index (χ1v) is 6.93. The van der Waals surface area contributed by atoms with E-state index in [0.29, 0.717) is 11.1 Å². The number of allylic oxidation sites excluding steroid dienone is 1. The van der Waals surface area contributed by atoms with Crippen molar-refractivity contribution in [2.45, 2.75) is 0 Å². The van der Waals surface area contributed by atoms with E-state index >= 15 is 0 Å². The Hall–Kier alpha value is -2.59. The molecule has 0 aliphatic rings. The van der Waals surface area contributed by atoms with Gasteiger partial charge in [-0.1, -0.05) is 41.4 Å². The molecule has 2 aromatic carbocycles. The number of benzene rings is 2. The summed E-state index contributed by atoms with van der Waals surface area (Å²) in [5.41, 5.74) is 1.15. The monoisotopic (exact) mass is 326 g/mol. The van der Waals surface area contributed by atoms with Crippen molar-refractivity contribution in [3.63, 3.8) is 0 Å². The summed E-state index contributed by atoms with van der Waals surface area (Å²) >= 11 is 12.0. The fraction of sp³-hybridized carbons (Fsp3) is 0. The number of nitriles is 2. The van der Waals surface area contributed by atoms with Crippen LogP contribution < -0.4 is 0 Å². The molecule has 106 valence electrons. The Labute approximate surface area is 137 Å². The molecule has 0 saturated heterocycles. The third kappa shape index (κ3) is 3.35. The molecule has 0 unspecified atom stereocenters. The highest BCUT2D eigenvalue weighted by Crippen LogP contribution is 2.27. The first-order valence-electron chi connectivity index (χ1n) is 6.17. The second-order valence-electron chi connectivity index (χ2n) is 4.33. The third-order valence-corrected chi connectivity index (χ3v) is 3.54. The van der Waals surface area contributed by atoms with Gasteiger partial charge in [0.15, 0.2) is 0 Å². The lowest BCUT2D eigenvalue weighted by molar-refractivity contribution is 0.104. The van der Waals surface area contributed by atoms with Gasteiger partial charge in [0.05, 0.1) is 27.2 Å². The van der Waals surface area contributed by atoms with Crippen LogP contribution in [0.1, 0.15) is 21.5 Å². The standard InChI is InChI=1S/C17H8Cl2N2O/c18-14-2-1-3-15(19)16(14)17(22)13(10-21)8-11-4-6-12(9-20)7-5-11/h1-8H/b13-8-. The van der Waals surface area contributed by atoms with Crippen LogP contribution in [0.5, 0.6) is 0 Å². The van der Waals surface area contributed by atoms with Crippen LogP contribution in [0.25, 0.3) is 6.08 Å². The summed E-state index contributed by atoms with van der Waals surface area (Å²) in [4.78, 5) is 12.4. The molecule has 0 bridgehead atoms. The van der Waals surface area contributed by atoms with Crippen molar-refractivity contribution >= 4 is 35.1 Å². The quantitative estimate of drug-likeness (QED) is 0.468. The molecular formula is C17H8Cl2N2O. The first kappa shape index (κ1) is 15.8. The van der Waals surface area contributed by atoms with Crippen LogP contribution in [0.15, 0.2) is 48.0 Å². The zero-order valence-corrected chi connectivity index (χ0v) is 12.7. The Bertz CT molecular complexity index is 820. The van der Waals surface area contributed by atoms with Gasteiger partial charge >= 0.3 is 0 Å². The molecule has 0 amide bonds. The molecule has 0 heterocycles. The minimum atomic E-state index is -0.539. The Morgan fingerprint density at radius 1 is 1.00 bits per heavy atom. The molecule has 5 heteroatoms. The Morgan fingerprint density at radius 3 is 2.09 bits per heavy atom. The van der Waals surface area contributed by atoms with Crippen LogP contribution in [-0.4, -0.2) is 5.78 Å². The van der Waals surface area contributed by atoms with Crippen molar-refractivity contribution in [2.75, 3.05) is 0 Å². The van der Waals surface area contributed by atoms with Crippen molar-refractivity contribution in [1.29, 1.82) is 10.5 Å². The smallest absolute Gasteiger partial charge is 0.206 e. The van der Waals surface area contributed by atoms with E-state index in [1.54, 1.807) is 30.3 Å². The maximum Gasteiger partial charge on any atom is 0.206 e. The molecule has 0 atom stereocenters. The van der Waals surface area contributed by atoms with E-state index in [4.69, 9.17) is 28.5 Å². The first-order chi connectivity index (χ1) is 10.6. The van der Waals surface area contributed by atoms with Crippen molar-refractivity contribution in [1.82, 2.24) is 0 Å². The molecule has 0 radical (unpaired) electrons. The topological polar surface area (TPSA) is 64.7 Å². The van der Waals surface area contributed by atoms with Crippen molar-refractivity contribution < 1.29 is 4.79 Å². The van der Waals surface area contributed by atoms with Gasteiger partial charge in [0, 0.05) is 0 Å². The number of rotatable bonds is 3. The highest BCUT2D eigenvalue weighted by Gasteiger charge is 2.18. The fourth-order valence-corrected chi connectivity index (χ4v) is 2.39. The predicted molar refractivity (Wildman–Crippen MR) is 85.5 cm³/mol. The molecule has 3 nitrogen and oxygen atoms in total. The third-order valence-electron chi connectivity index (χ3n) is 2.91. The van der Waals surface area contributed by atoms with Gasteiger partial charge in [0.2, 0.25) is 5.78 Å². The molecule has 22 heavy (non-hydrogen) atoms. The zero-order chi connectivity index (χ0) is 16.1. The average Bonchev–Trinajstić information content (AvgIpc) is 2.52. The molecule has 0 spiro atoms. The van der Waals surface area contributed by atoms with E-state index in [0.717, 1.165) is 0 Å². The number of halogens is 2. The van der Waals surface area contributed by atoms with Crippen molar-refractivity contribution in [3.05, 3.63) is 74.8 Å². The summed E-state index contributed by atoms with van der Waals surface area (Å²) in [5, 5.41) is 18.4. The molecule has 0 saturated carbocycles. The van der Waals surface area contributed by atoms with Gasteiger partial charge in [-0.2, -0.15) is 10.5 Å². The highest BCUT2D eigenvalue weighted by molar-refractivity contribution is 6.41. The van der Waals surface area contributed by atoms with Gasteiger partial charge in [-0.3, -0.25) is 4.79 Å². The number of carbonyl (C=O) groups is 1. The highest BCUT2D eigenvalue weighted by atomic mass is 35.5. The number of hydrogen-bond donors (Lipinski definition) is 0. The largest absolute Gasteiger partial charge is 0.288 e. The summed E-state index contributed by atoms with van der Waals surface area (Å²) < 4.78 is 0. The van der Waals surface area contributed by atoms with Crippen LogP contribution in [0.3, 0.4) is 0 Å². The SMILES string of the molecule is N#C/C(=C/c1ccc(C#N)cc1)C(=O)c1c(Cl)cccc1Cl. The maximum absolute atomic E-state index is 12.4. The molecule has 0 N–H and O–H groups in total. The van der Waals surface area contributed by atoms with Gasteiger partial charge in [0.25, 0.3) is 0 Å². The van der Waals surface area contributed by atoms with E-state index in [-0.39, 0.29) is 21.2 Å². The van der Waals surface area contributed by atoms with E-state index in [2.05, 4.69) is 0 Å². The number of ketones is 1. The van der Waals surface area contributed by atoms with Gasteiger partial charge in [-0.15, -0.1) is 0 Å². The van der Waals surface area contributed by atoms with Crippen LogP contribution >= 0.6 is 23.2 Å². The molecule has 0 fully saturated rings. The molecule has 0 aromatic heterocycles. The lowest BCUT2D eigenvalue weighted by Crippen LogP contribution is -2.04. The van der Waals surface area contributed by atoms with E-state index in [1.165, 1.54) is 18.2 Å². The van der Waals surface area contributed by atoms with E-state index in [1.807, 2.05) is 12.1 Å². The van der Waals surface area contributed by atoms with Crippen LogP contribution in [0.2, 0.25) is 10.0 Å². The number of Topliss-reactive ketones (excluding diaryl/α,β-unsaturated/α-hetero) is 1. The Kier molecular flexibility index (Phi) is 4.96. The number of nitrogens with zero attached hydrogens (tertiary/aromatic N) is 2. The molecule has 0 aliphatic heterocycles. The van der Waals surface area contributed by atoms with Crippen LogP contribution in [0.4, 0.5) is 0 Å². The predicted octanol–water partition coefficient (Wildman–Crippen LogP) is 4.65. The van der Waals surface area contributed by atoms with Crippen LogP contribution in [-0.2, 0) is 0 Å². The maximum atomic E-state index is 12.4. The minimum absolute atomic E-state index is 0.0836. The van der Waals surface area contributed by atoms with Crippen LogP contribution in [0, 0.1) is 22.7 Å². The van der Waals surface area contributed by atoms with Gasteiger partial charge in [-0.25, -0.2) is 0 Å². The van der Waals surface area contributed by atoms with Gasteiger partial charge < -0.3 is 0 Å².